The number of halogens is 2. The van der Waals surface area contributed by atoms with Gasteiger partial charge in [-0.1, -0.05) is 11.6 Å². The van der Waals surface area contributed by atoms with Crippen LogP contribution in [0.4, 0.5) is 0 Å². The van der Waals surface area contributed by atoms with Gasteiger partial charge in [0.05, 0.1) is 4.34 Å². The zero-order chi connectivity index (χ0) is 17.2. The Morgan fingerprint density at radius 1 is 1.16 bits per heavy atom. The molecule has 10 heteroatoms. The Kier molecular flexibility index (Phi) is 7.54. The average Bonchev–Trinajstić information content (AvgIpc) is 2.88. The summed E-state index contributed by atoms with van der Waals surface area (Å²) in [6, 6.07) is 3.15. The Hall–Kier alpha value is -0.380. The lowest BCUT2D eigenvalue weighted by atomic mass is 9.96. The maximum absolute atomic E-state index is 12.7. The molecule has 0 saturated carbocycles. The lowest BCUT2D eigenvalue weighted by Gasteiger charge is -2.28. The molecule has 1 N–H and O–H groups in total. The first kappa shape index (κ1) is 20.9. The fraction of sp³-hybridized carbons (Fsp3) is 0.667. The molecule has 0 unspecified atom stereocenters. The molecule has 1 aromatic heterocycles. The van der Waals surface area contributed by atoms with Crippen molar-refractivity contribution in [2.24, 2.45) is 5.92 Å². The zero-order valence-corrected chi connectivity index (χ0v) is 17.0. The molecule has 2 aliphatic rings. The molecular formula is C15H23Cl2N3O3S2. The number of nitrogens with zero attached hydrogens (tertiary/aromatic N) is 2. The Labute approximate surface area is 164 Å². The van der Waals surface area contributed by atoms with Crippen molar-refractivity contribution in [3.63, 3.8) is 0 Å². The van der Waals surface area contributed by atoms with Crippen molar-refractivity contribution in [2.75, 3.05) is 39.3 Å². The van der Waals surface area contributed by atoms with Crippen LogP contribution in [0.1, 0.15) is 19.3 Å². The van der Waals surface area contributed by atoms with Gasteiger partial charge in [-0.15, -0.1) is 23.7 Å². The third-order valence-corrected chi connectivity index (χ3v) is 8.19. The molecule has 0 radical (unpaired) electrons. The summed E-state index contributed by atoms with van der Waals surface area (Å²) in [5.74, 6) is 0.250. The van der Waals surface area contributed by atoms with Crippen LogP contribution in [0.15, 0.2) is 16.3 Å². The van der Waals surface area contributed by atoms with E-state index in [1.807, 2.05) is 4.90 Å². The molecule has 2 fully saturated rings. The standard InChI is InChI=1S/C15H22ClN3O3S2.ClH/c16-13-2-3-14(23-13)24(21,22)19-9-1-8-18(10-11-19)15(20)12-4-6-17-7-5-12;/h2-3,12,17H,1,4-11H2;1H. The molecular weight excluding hydrogens is 405 g/mol. The SMILES string of the molecule is Cl.O=C(C1CCNCC1)N1CCCN(S(=O)(=O)c2ccc(Cl)s2)CC1. The van der Waals surface area contributed by atoms with Crippen LogP contribution in [-0.2, 0) is 14.8 Å². The van der Waals surface area contributed by atoms with Crippen LogP contribution in [0.2, 0.25) is 4.34 Å². The Bertz CT molecular complexity index is 690. The molecule has 1 aromatic rings. The second-order valence-electron chi connectivity index (χ2n) is 6.17. The predicted molar refractivity (Wildman–Crippen MR) is 102 cm³/mol. The number of thiophene rings is 1. The fourth-order valence-electron chi connectivity index (χ4n) is 3.25. The van der Waals surface area contributed by atoms with Gasteiger partial charge in [0, 0.05) is 32.1 Å². The normalized spacial score (nSPS) is 20.8. The minimum atomic E-state index is -3.52. The first-order chi connectivity index (χ1) is 11.5. The molecule has 1 amide bonds. The van der Waals surface area contributed by atoms with Crippen molar-refractivity contribution in [3.8, 4) is 0 Å². The maximum atomic E-state index is 12.7. The third kappa shape index (κ3) is 4.87. The lowest BCUT2D eigenvalue weighted by molar-refractivity contribution is -0.136. The minimum Gasteiger partial charge on any atom is -0.341 e. The van der Waals surface area contributed by atoms with Gasteiger partial charge in [-0.05, 0) is 44.5 Å². The van der Waals surface area contributed by atoms with E-state index in [1.54, 1.807) is 12.1 Å². The zero-order valence-electron chi connectivity index (χ0n) is 13.8. The number of hydrogen-bond acceptors (Lipinski definition) is 5. The number of nitrogens with one attached hydrogen (secondary N) is 1. The Balaban J connectivity index is 0.00000225. The van der Waals surface area contributed by atoms with Crippen LogP contribution in [0.25, 0.3) is 0 Å². The van der Waals surface area contributed by atoms with E-state index in [2.05, 4.69) is 5.32 Å². The summed E-state index contributed by atoms with van der Waals surface area (Å²) >= 11 is 6.94. The van der Waals surface area contributed by atoms with E-state index in [9.17, 15) is 13.2 Å². The topological polar surface area (TPSA) is 69.7 Å². The summed E-state index contributed by atoms with van der Waals surface area (Å²) in [4.78, 5) is 14.5. The van der Waals surface area contributed by atoms with Crippen LogP contribution in [0, 0.1) is 5.92 Å². The highest BCUT2D eigenvalue weighted by Gasteiger charge is 2.31. The summed E-state index contributed by atoms with van der Waals surface area (Å²) in [5.41, 5.74) is 0. The first-order valence-corrected chi connectivity index (χ1v) is 10.9. The van der Waals surface area contributed by atoms with Crippen LogP contribution in [0.5, 0.6) is 0 Å². The van der Waals surface area contributed by atoms with E-state index in [0.29, 0.717) is 36.9 Å². The second-order valence-corrected chi connectivity index (χ2v) is 10.0. The van der Waals surface area contributed by atoms with Gasteiger partial charge in [0.1, 0.15) is 4.21 Å². The molecule has 25 heavy (non-hydrogen) atoms. The number of rotatable bonds is 3. The van der Waals surface area contributed by atoms with Crippen molar-refractivity contribution in [1.29, 1.82) is 0 Å². The maximum Gasteiger partial charge on any atom is 0.252 e. The number of amides is 1. The molecule has 0 bridgehead atoms. The summed E-state index contributed by atoms with van der Waals surface area (Å²) in [7, 11) is -3.52. The van der Waals surface area contributed by atoms with Crippen molar-refractivity contribution in [1.82, 2.24) is 14.5 Å². The molecule has 2 saturated heterocycles. The number of sulfonamides is 1. The lowest BCUT2D eigenvalue weighted by Crippen LogP contribution is -2.43. The van der Waals surface area contributed by atoms with Crippen molar-refractivity contribution >= 4 is 51.3 Å². The van der Waals surface area contributed by atoms with Crippen molar-refractivity contribution in [3.05, 3.63) is 16.5 Å². The van der Waals surface area contributed by atoms with Crippen molar-refractivity contribution < 1.29 is 13.2 Å². The van der Waals surface area contributed by atoms with E-state index in [1.165, 1.54) is 4.31 Å². The molecule has 142 valence electrons. The highest BCUT2D eigenvalue weighted by Crippen LogP contribution is 2.28. The minimum absolute atomic E-state index is 0. The smallest absolute Gasteiger partial charge is 0.252 e. The average molecular weight is 428 g/mol. The summed E-state index contributed by atoms with van der Waals surface area (Å²) < 4.78 is 27.6. The molecule has 2 aliphatic heterocycles. The van der Waals surface area contributed by atoms with Gasteiger partial charge >= 0.3 is 0 Å². The molecule has 0 spiro atoms. The van der Waals surface area contributed by atoms with Gasteiger partial charge in [-0.2, -0.15) is 4.31 Å². The molecule has 3 heterocycles. The van der Waals surface area contributed by atoms with Gasteiger partial charge < -0.3 is 10.2 Å². The van der Waals surface area contributed by atoms with Crippen molar-refractivity contribution in [2.45, 2.75) is 23.5 Å². The van der Waals surface area contributed by atoms with Crippen LogP contribution < -0.4 is 5.32 Å². The van der Waals surface area contributed by atoms with E-state index < -0.39 is 10.0 Å². The second kappa shape index (κ2) is 9.01. The first-order valence-electron chi connectivity index (χ1n) is 8.23. The molecule has 0 aromatic carbocycles. The highest BCUT2D eigenvalue weighted by atomic mass is 35.5. The summed E-state index contributed by atoms with van der Waals surface area (Å²) in [6.07, 6.45) is 2.39. The van der Waals surface area contributed by atoms with E-state index in [4.69, 9.17) is 11.6 Å². The molecule has 0 aliphatic carbocycles. The van der Waals surface area contributed by atoms with E-state index >= 15 is 0 Å². The van der Waals surface area contributed by atoms with Crippen LogP contribution in [-0.4, -0.2) is 62.8 Å². The number of piperidine rings is 1. The van der Waals surface area contributed by atoms with Gasteiger partial charge in [-0.25, -0.2) is 8.42 Å². The molecule has 6 nitrogen and oxygen atoms in total. The Morgan fingerprint density at radius 3 is 2.52 bits per heavy atom. The van der Waals surface area contributed by atoms with Gasteiger partial charge in [0.25, 0.3) is 10.0 Å². The number of carbonyl (C=O) groups is 1. The summed E-state index contributed by atoms with van der Waals surface area (Å²) in [6.45, 7) is 3.62. The van der Waals surface area contributed by atoms with Gasteiger partial charge in [0.15, 0.2) is 0 Å². The largest absolute Gasteiger partial charge is 0.341 e. The predicted octanol–water partition coefficient (Wildman–Crippen LogP) is 2.05. The monoisotopic (exact) mass is 427 g/mol. The van der Waals surface area contributed by atoms with Crippen LogP contribution in [0.3, 0.4) is 0 Å². The van der Waals surface area contributed by atoms with E-state index in [0.717, 1.165) is 37.3 Å². The molecule has 3 rings (SSSR count). The quantitative estimate of drug-likeness (QED) is 0.800. The third-order valence-electron chi connectivity index (χ3n) is 4.60. The Morgan fingerprint density at radius 2 is 1.88 bits per heavy atom. The van der Waals surface area contributed by atoms with Crippen LogP contribution >= 0.6 is 35.3 Å². The summed E-state index contributed by atoms with van der Waals surface area (Å²) in [5, 5.41) is 3.26. The fourth-order valence-corrected chi connectivity index (χ4v) is 6.35. The highest BCUT2D eigenvalue weighted by molar-refractivity contribution is 7.91. The molecule has 0 atom stereocenters. The van der Waals surface area contributed by atoms with Gasteiger partial charge in [-0.3, -0.25) is 4.79 Å². The van der Waals surface area contributed by atoms with Gasteiger partial charge in [0.2, 0.25) is 5.91 Å². The van der Waals surface area contributed by atoms with E-state index in [-0.39, 0.29) is 28.4 Å². The number of hydrogen-bond donors (Lipinski definition) is 1. The number of carbonyl (C=O) groups excluding carboxylic acids is 1.